The summed E-state index contributed by atoms with van der Waals surface area (Å²) in [4.78, 5) is 0. The van der Waals surface area contributed by atoms with Crippen molar-refractivity contribution in [1.29, 1.82) is 0 Å². The molecule has 0 amide bonds. The van der Waals surface area contributed by atoms with Crippen LogP contribution in [0, 0.1) is 5.41 Å². The predicted molar refractivity (Wildman–Crippen MR) is 63.6 cm³/mol. The van der Waals surface area contributed by atoms with Crippen LogP contribution in [-0.4, -0.2) is 29.5 Å². The van der Waals surface area contributed by atoms with Crippen molar-refractivity contribution in [2.45, 2.75) is 32.4 Å². The van der Waals surface area contributed by atoms with Gasteiger partial charge in [0, 0.05) is 18.6 Å². The van der Waals surface area contributed by atoms with Crippen LogP contribution in [-0.2, 0) is 4.74 Å². The van der Waals surface area contributed by atoms with E-state index in [0.29, 0.717) is 17.3 Å². The fraction of sp³-hybridized carbons (Fsp3) is 0.636. The normalized spacial score (nSPS) is 27.2. The summed E-state index contributed by atoms with van der Waals surface area (Å²) in [6, 6.07) is 3.94. The first kappa shape index (κ1) is 11.6. The number of rotatable bonds is 3. The van der Waals surface area contributed by atoms with E-state index in [4.69, 9.17) is 16.3 Å². The summed E-state index contributed by atoms with van der Waals surface area (Å²) >= 11 is 5.68. The van der Waals surface area contributed by atoms with Gasteiger partial charge in [-0.05, 0) is 18.6 Å². The van der Waals surface area contributed by atoms with Gasteiger partial charge in [0.05, 0.1) is 6.10 Å². The Kier molecular flexibility index (Phi) is 3.04. The summed E-state index contributed by atoms with van der Waals surface area (Å²) in [7, 11) is 1.75. The zero-order valence-electron chi connectivity index (χ0n) is 9.70. The Bertz CT molecular complexity index is 366. The third kappa shape index (κ3) is 1.99. The molecule has 5 heteroatoms. The van der Waals surface area contributed by atoms with E-state index < -0.39 is 0 Å². The van der Waals surface area contributed by atoms with E-state index in [1.54, 1.807) is 13.2 Å². The van der Waals surface area contributed by atoms with Crippen molar-refractivity contribution in [1.82, 2.24) is 10.2 Å². The molecule has 2 unspecified atom stereocenters. The highest BCUT2D eigenvalue weighted by atomic mass is 35.5. The lowest BCUT2D eigenvalue weighted by Gasteiger charge is -2.51. The molecule has 1 aliphatic rings. The first-order valence-electron chi connectivity index (χ1n) is 5.32. The number of ether oxygens (including phenoxy) is 1. The van der Waals surface area contributed by atoms with Gasteiger partial charge in [0.1, 0.15) is 5.82 Å². The Morgan fingerprint density at radius 3 is 2.69 bits per heavy atom. The van der Waals surface area contributed by atoms with E-state index in [1.165, 1.54) is 0 Å². The summed E-state index contributed by atoms with van der Waals surface area (Å²) in [5, 5.41) is 11.5. The molecular weight excluding hydrogens is 226 g/mol. The molecule has 2 rings (SSSR count). The lowest BCUT2D eigenvalue weighted by Crippen LogP contribution is -2.57. The maximum absolute atomic E-state index is 5.68. The SMILES string of the molecule is COC1CC(Nc2ccc(Cl)nn2)C1(C)C. The maximum Gasteiger partial charge on any atom is 0.151 e. The second-order valence-electron chi connectivity index (χ2n) is 4.72. The van der Waals surface area contributed by atoms with Gasteiger partial charge >= 0.3 is 0 Å². The second kappa shape index (κ2) is 4.18. The highest BCUT2D eigenvalue weighted by Crippen LogP contribution is 2.43. The van der Waals surface area contributed by atoms with Crippen LogP contribution in [0.25, 0.3) is 0 Å². The first-order valence-corrected chi connectivity index (χ1v) is 5.70. The van der Waals surface area contributed by atoms with Crippen LogP contribution >= 0.6 is 11.6 Å². The molecule has 1 aromatic rings. The summed E-state index contributed by atoms with van der Waals surface area (Å²) in [6.07, 6.45) is 1.30. The van der Waals surface area contributed by atoms with Crippen LogP contribution < -0.4 is 5.32 Å². The average Bonchev–Trinajstić information content (AvgIpc) is 2.26. The first-order chi connectivity index (χ1) is 7.54. The summed E-state index contributed by atoms with van der Waals surface area (Å²) in [6.45, 7) is 4.37. The molecule has 0 bridgehead atoms. The molecule has 0 radical (unpaired) electrons. The van der Waals surface area contributed by atoms with Crippen LogP contribution in [0.1, 0.15) is 20.3 Å². The minimum atomic E-state index is 0.121. The summed E-state index contributed by atoms with van der Waals surface area (Å²) < 4.78 is 5.39. The van der Waals surface area contributed by atoms with Gasteiger partial charge in [-0.25, -0.2) is 0 Å². The molecule has 1 aliphatic carbocycles. The average molecular weight is 242 g/mol. The van der Waals surface area contributed by atoms with Crippen molar-refractivity contribution in [2.75, 3.05) is 12.4 Å². The zero-order chi connectivity index (χ0) is 11.8. The molecule has 0 aromatic carbocycles. The Hall–Kier alpha value is -0.870. The predicted octanol–water partition coefficient (Wildman–Crippen LogP) is 2.36. The van der Waals surface area contributed by atoms with Crippen LogP contribution in [0.3, 0.4) is 0 Å². The quantitative estimate of drug-likeness (QED) is 0.883. The van der Waals surface area contributed by atoms with Crippen molar-refractivity contribution < 1.29 is 4.74 Å². The third-order valence-corrected chi connectivity index (χ3v) is 3.62. The number of hydrogen-bond acceptors (Lipinski definition) is 4. The largest absolute Gasteiger partial charge is 0.381 e. The molecule has 4 nitrogen and oxygen atoms in total. The van der Waals surface area contributed by atoms with Crippen molar-refractivity contribution in [2.24, 2.45) is 5.41 Å². The minimum absolute atomic E-state index is 0.121. The van der Waals surface area contributed by atoms with Gasteiger partial charge in [-0.3, -0.25) is 0 Å². The van der Waals surface area contributed by atoms with Gasteiger partial charge in [-0.2, -0.15) is 0 Å². The van der Waals surface area contributed by atoms with Crippen molar-refractivity contribution in [3.8, 4) is 0 Å². The minimum Gasteiger partial charge on any atom is -0.381 e. The zero-order valence-corrected chi connectivity index (χ0v) is 10.5. The third-order valence-electron chi connectivity index (χ3n) is 3.42. The number of anilines is 1. The molecule has 1 N–H and O–H groups in total. The number of aromatic nitrogens is 2. The van der Waals surface area contributed by atoms with Crippen molar-refractivity contribution in [3.63, 3.8) is 0 Å². The molecule has 16 heavy (non-hydrogen) atoms. The lowest BCUT2D eigenvalue weighted by molar-refractivity contribution is -0.0795. The molecule has 2 atom stereocenters. The second-order valence-corrected chi connectivity index (χ2v) is 5.11. The van der Waals surface area contributed by atoms with Crippen LogP contribution in [0.4, 0.5) is 5.82 Å². The van der Waals surface area contributed by atoms with Gasteiger partial charge in [0.15, 0.2) is 5.15 Å². The molecule has 0 spiro atoms. The topological polar surface area (TPSA) is 47.0 Å². The lowest BCUT2D eigenvalue weighted by atomic mass is 9.64. The van der Waals surface area contributed by atoms with E-state index in [1.807, 2.05) is 6.07 Å². The van der Waals surface area contributed by atoms with Crippen LogP contribution in [0.2, 0.25) is 5.15 Å². The summed E-state index contributed by atoms with van der Waals surface area (Å²) in [5.74, 6) is 0.761. The van der Waals surface area contributed by atoms with Gasteiger partial charge in [0.25, 0.3) is 0 Å². The van der Waals surface area contributed by atoms with Crippen molar-refractivity contribution in [3.05, 3.63) is 17.3 Å². The van der Waals surface area contributed by atoms with Gasteiger partial charge in [-0.15, -0.1) is 10.2 Å². The van der Waals surface area contributed by atoms with E-state index in [2.05, 4.69) is 29.4 Å². The van der Waals surface area contributed by atoms with E-state index >= 15 is 0 Å². The Balaban J connectivity index is 1.99. The van der Waals surface area contributed by atoms with E-state index in [0.717, 1.165) is 12.2 Å². The van der Waals surface area contributed by atoms with Crippen molar-refractivity contribution >= 4 is 17.4 Å². The van der Waals surface area contributed by atoms with Gasteiger partial charge in [-0.1, -0.05) is 25.4 Å². The van der Waals surface area contributed by atoms with Gasteiger partial charge in [0.2, 0.25) is 0 Å². The Morgan fingerprint density at radius 1 is 1.44 bits per heavy atom. The van der Waals surface area contributed by atoms with Gasteiger partial charge < -0.3 is 10.1 Å². The van der Waals surface area contributed by atoms with E-state index in [9.17, 15) is 0 Å². The molecule has 1 fully saturated rings. The van der Waals surface area contributed by atoms with Crippen LogP contribution in [0.5, 0.6) is 0 Å². The van der Waals surface area contributed by atoms with E-state index in [-0.39, 0.29) is 5.41 Å². The van der Waals surface area contributed by atoms with Crippen LogP contribution in [0.15, 0.2) is 12.1 Å². The summed E-state index contributed by atoms with van der Waals surface area (Å²) in [5.41, 5.74) is 0.121. The molecule has 0 saturated heterocycles. The fourth-order valence-corrected chi connectivity index (χ4v) is 2.20. The monoisotopic (exact) mass is 241 g/mol. The number of nitrogens with zero attached hydrogens (tertiary/aromatic N) is 2. The Labute approximate surface area is 100 Å². The highest BCUT2D eigenvalue weighted by molar-refractivity contribution is 6.29. The molecule has 0 aliphatic heterocycles. The number of halogens is 1. The highest BCUT2D eigenvalue weighted by Gasteiger charge is 2.48. The molecule has 1 aromatic heterocycles. The fourth-order valence-electron chi connectivity index (χ4n) is 2.10. The maximum atomic E-state index is 5.68. The number of nitrogens with one attached hydrogen (secondary N) is 1. The molecule has 1 heterocycles. The number of methoxy groups -OCH3 is 1. The molecule has 1 saturated carbocycles. The smallest absolute Gasteiger partial charge is 0.151 e. The number of hydrogen-bond donors (Lipinski definition) is 1. The molecular formula is C11H16ClN3O. The standard InChI is InChI=1S/C11H16ClN3O/c1-11(2)7(6-8(11)16-3)13-10-5-4-9(12)14-15-10/h4-5,7-8H,6H2,1-3H3,(H,13,15). The Morgan fingerprint density at radius 2 is 2.19 bits per heavy atom. The molecule has 88 valence electrons.